The molecule has 0 aromatic carbocycles. The fourth-order valence-electron chi connectivity index (χ4n) is 2.16. The van der Waals surface area contributed by atoms with Crippen molar-refractivity contribution in [2.24, 2.45) is 0 Å². The van der Waals surface area contributed by atoms with Crippen molar-refractivity contribution in [2.45, 2.75) is 56.7 Å². The van der Waals surface area contributed by atoms with Gasteiger partial charge in [-0.15, -0.1) is 6.58 Å². The van der Waals surface area contributed by atoms with Crippen molar-refractivity contribution in [3.05, 3.63) is 12.7 Å². The van der Waals surface area contributed by atoms with Gasteiger partial charge >= 0.3 is 0 Å². The van der Waals surface area contributed by atoms with Crippen LogP contribution in [0.15, 0.2) is 12.7 Å². The highest BCUT2D eigenvalue weighted by Crippen LogP contribution is 2.30. The van der Waals surface area contributed by atoms with Crippen molar-refractivity contribution in [3.63, 3.8) is 0 Å². The molecule has 1 aliphatic carbocycles. The standard InChI is InChI=1S/C13H25NS/c1-3-5-8-12(14-4-2)11-15-13-9-6-7-10-13/h3,12-14H,1,4-11H2,2H3. The van der Waals surface area contributed by atoms with Crippen LogP contribution in [0.2, 0.25) is 0 Å². The molecule has 0 heterocycles. The molecule has 0 spiro atoms. The zero-order valence-electron chi connectivity index (χ0n) is 10.0. The van der Waals surface area contributed by atoms with Gasteiger partial charge in [-0.1, -0.05) is 25.8 Å². The Labute approximate surface area is 99.1 Å². The topological polar surface area (TPSA) is 12.0 Å². The van der Waals surface area contributed by atoms with Gasteiger partial charge in [0.05, 0.1) is 0 Å². The summed E-state index contributed by atoms with van der Waals surface area (Å²) in [5.74, 6) is 1.28. The first-order valence-corrected chi connectivity index (χ1v) is 7.37. The second-order valence-electron chi connectivity index (χ2n) is 4.36. The van der Waals surface area contributed by atoms with Crippen LogP contribution in [0.25, 0.3) is 0 Å². The first-order valence-electron chi connectivity index (χ1n) is 6.32. The third-order valence-corrected chi connectivity index (χ3v) is 4.58. The maximum atomic E-state index is 3.80. The quantitative estimate of drug-likeness (QED) is 0.636. The molecule has 1 saturated carbocycles. The summed E-state index contributed by atoms with van der Waals surface area (Å²) in [4.78, 5) is 0. The molecular formula is C13H25NS. The van der Waals surface area contributed by atoms with Crippen LogP contribution in [0.5, 0.6) is 0 Å². The van der Waals surface area contributed by atoms with Crippen molar-refractivity contribution < 1.29 is 0 Å². The lowest BCUT2D eigenvalue weighted by Gasteiger charge is -2.18. The summed E-state index contributed by atoms with van der Waals surface area (Å²) in [7, 11) is 0. The fraction of sp³-hybridized carbons (Fsp3) is 0.846. The summed E-state index contributed by atoms with van der Waals surface area (Å²) < 4.78 is 0. The molecule has 1 nitrogen and oxygen atoms in total. The van der Waals surface area contributed by atoms with Gasteiger partial charge in [-0.2, -0.15) is 11.8 Å². The van der Waals surface area contributed by atoms with E-state index in [0.29, 0.717) is 6.04 Å². The molecule has 0 aromatic heterocycles. The summed E-state index contributed by atoms with van der Waals surface area (Å²) >= 11 is 2.19. The van der Waals surface area contributed by atoms with Crippen LogP contribution in [-0.2, 0) is 0 Å². The summed E-state index contributed by atoms with van der Waals surface area (Å²) in [5.41, 5.74) is 0. The van der Waals surface area contributed by atoms with Gasteiger partial charge in [0.25, 0.3) is 0 Å². The van der Waals surface area contributed by atoms with Crippen LogP contribution < -0.4 is 5.32 Å². The van der Waals surface area contributed by atoms with E-state index in [0.717, 1.165) is 18.2 Å². The van der Waals surface area contributed by atoms with E-state index in [2.05, 4.69) is 30.6 Å². The average molecular weight is 227 g/mol. The van der Waals surface area contributed by atoms with Gasteiger partial charge in [-0.25, -0.2) is 0 Å². The van der Waals surface area contributed by atoms with Gasteiger partial charge in [0.15, 0.2) is 0 Å². The number of rotatable bonds is 8. The molecule has 1 aliphatic rings. The van der Waals surface area contributed by atoms with E-state index in [1.807, 2.05) is 6.08 Å². The minimum absolute atomic E-state index is 0.693. The molecule has 1 N–H and O–H groups in total. The first kappa shape index (κ1) is 13.1. The Morgan fingerprint density at radius 1 is 1.47 bits per heavy atom. The average Bonchev–Trinajstić information content (AvgIpc) is 2.75. The van der Waals surface area contributed by atoms with Crippen LogP contribution in [0.1, 0.15) is 45.4 Å². The van der Waals surface area contributed by atoms with Crippen LogP contribution in [-0.4, -0.2) is 23.6 Å². The third-order valence-electron chi connectivity index (χ3n) is 3.05. The Hall–Kier alpha value is 0.0500. The molecule has 0 saturated heterocycles. The largest absolute Gasteiger partial charge is 0.313 e. The van der Waals surface area contributed by atoms with Gasteiger partial charge in [0, 0.05) is 17.0 Å². The van der Waals surface area contributed by atoms with Gasteiger partial charge in [-0.05, 0) is 32.2 Å². The predicted molar refractivity (Wildman–Crippen MR) is 71.6 cm³/mol. The van der Waals surface area contributed by atoms with Gasteiger partial charge in [0.1, 0.15) is 0 Å². The highest BCUT2D eigenvalue weighted by molar-refractivity contribution is 7.99. The van der Waals surface area contributed by atoms with Crippen molar-refractivity contribution in [2.75, 3.05) is 12.3 Å². The molecule has 1 unspecified atom stereocenters. The zero-order chi connectivity index (χ0) is 10.9. The molecule has 2 heteroatoms. The number of thioether (sulfide) groups is 1. The van der Waals surface area contributed by atoms with Crippen molar-refractivity contribution in [3.8, 4) is 0 Å². The molecule has 1 rings (SSSR count). The number of allylic oxidation sites excluding steroid dienone is 1. The minimum Gasteiger partial charge on any atom is -0.313 e. The summed E-state index contributed by atoms with van der Waals surface area (Å²) in [6, 6.07) is 0.693. The highest BCUT2D eigenvalue weighted by Gasteiger charge is 2.17. The first-order chi connectivity index (χ1) is 7.36. The molecule has 0 bridgehead atoms. The van der Waals surface area contributed by atoms with E-state index in [4.69, 9.17) is 0 Å². The summed E-state index contributed by atoms with van der Waals surface area (Å²) in [5, 5.41) is 4.53. The Morgan fingerprint density at radius 3 is 2.80 bits per heavy atom. The predicted octanol–water partition coefficient (Wildman–Crippen LogP) is 3.61. The summed E-state index contributed by atoms with van der Waals surface area (Å²) in [6.07, 6.45) is 10.2. The van der Waals surface area contributed by atoms with Gasteiger partial charge < -0.3 is 5.32 Å². The van der Waals surface area contributed by atoms with Crippen LogP contribution >= 0.6 is 11.8 Å². The summed E-state index contributed by atoms with van der Waals surface area (Å²) in [6.45, 7) is 7.08. The molecule has 0 aliphatic heterocycles. The van der Waals surface area contributed by atoms with E-state index in [1.54, 1.807) is 0 Å². The Bertz CT molecular complexity index is 164. The van der Waals surface area contributed by atoms with Crippen molar-refractivity contribution in [1.82, 2.24) is 5.32 Å². The van der Waals surface area contributed by atoms with Gasteiger partial charge in [-0.3, -0.25) is 0 Å². The normalized spacial score (nSPS) is 19.3. The lowest BCUT2D eigenvalue weighted by molar-refractivity contribution is 0.541. The van der Waals surface area contributed by atoms with E-state index in [-0.39, 0.29) is 0 Å². The zero-order valence-corrected chi connectivity index (χ0v) is 10.8. The monoisotopic (exact) mass is 227 g/mol. The maximum Gasteiger partial charge on any atom is 0.0161 e. The molecule has 0 amide bonds. The fourth-order valence-corrected chi connectivity index (χ4v) is 3.61. The van der Waals surface area contributed by atoms with Crippen molar-refractivity contribution in [1.29, 1.82) is 0 Å². The van der Waals surface area contributed by atoms with E-state index >= 15 is 0 Å². The Morgan fingerprint density at radius 2 is 2.20 bits per heavy atom. The molecule has 1 fully saturated rings. The van der Waals surface area contributed by atoms with E-state index in [1.165, 1.54) is 37.9 Å². The van der Waals surface area contributed by atoms with Crippen molar-refractivity contribution >= 4 is 11.8 Å². The number of nitrogens with one attached hydrogen (secondary N) is 1. The van der Waals surface area contributed by atoms with Gasteiger partial charge in [0.2, 0.25) is 0 Å². The smallest absolute Gasteiger partial charge is 0.0161 e. The Kier molecular flexibility index (Phi) is 7.20. The second kappa shape index (κ2) is 8.23. The highest BCUT2D eigenvalue weighted by atomic mass is 32.2. The molecule has 15 heavy (non-hydrogen) atoms. The Balaban J connectivity index is 2.14. The number of hydrogen-bond donors (Lipinski definition) is 1. The molecular weight excluding hydrogens is 202 g/mol. The molecule has 0 aromatic rings. The third kappa shape index (κ3) is 5.62. The lowest BCUT2D eigenvalue weighted by atomic mass is 10.2. The van der Waals surface area contributed by atoms with E-state index < -0.39 is 0 Å². The second-order valence-corrected chi connectivity index (χ2v) is 5.69. The SMILES string of the molecule is C=CCCC(CSC1CCCC1)NCC. The maximum absolute atomic E-state index is 3.80. The molecule has 1 atom stereocenters. The van der Waals surface area contributed by atoms with Crippen LogP contribution in [0.4, 0.5) is 0 Å². The lowest BCUT2D eigenvalue weighted by Crippen LogP contribution is -2.31. The van der Waals surface area contributed by atoms with Crippen LogP contribution in [0, 0.1) is 0 Å². The van der Waals surface area contributed by atoms with E-state index in [9.17, 15) is 0 Å². The molecule has 88 valence electrons. The number of hydrogen-bond acceptors (Lipinski definition) is 2. The minimum atomic E-state index is 0.693. The molecule has 0 radical (unpaired) electrons. The van der Waals surface area contributed by atoms with Crippen LogP contribution in [0.3, 0.4) is 0 Å².